The van der Waals surface area contributed by atoms with Crippen molar-refractivity contribution in [3.8, 4) is 5.75 Å². The Morgan fingerprint density at radius 2 is 1.65 bits per heavy atom. The zero-order chi connectivity index (χ0) is 18.1. The minimum absolute atomic E-state index is 0.182. The summed E-state index contributed by atoms with van der Waals surface area (Å²) in [4.78, 5) is 13.0. The number of hydrogen-bond donors (Lipinski definition) is 0. The predicted octanol–water partition coefficient (Wildman–Crippen LogP) is 5.25. The Balaban J connectivity index is 1.88. The molecule has 0 N–H and O–H groups in total. The van der Waals surface area contributed by atoms with Crippen LogP contribution in [0.15, 0.2) is 78.4 Å². The molecule has 0 amide bonds. The molecule has 1 unspecified atom stereocenters. The molecule has 0 radical (unpaired) electrons. The van der Waals surface area contributed by atoms with E-state index in [2.05, 4.69) is 0 Å². The second-order valence-electron chi connectivity index (χ2n) is 6.25. The zero-order valence-corrected chi connectivity index (χ0v) is 14.3. The standard InChI is InChI=1S/C23H17FO2/c1-26-17-12-10-15(11-13-17)14-19-21(16-6-3-2-4-7-16)18-8-5-9-20(24)22(18)23(19)25/h2-14,21H,1H3/b19-14-. The molecule has 0 spiro atoms. The molecule has 128 valence electrons. The molecule has 3 heteroatoms. The van der Waals surface area contributed by atoms with E-state index in [0.29, 0.717) is 5.57 Å². The van der Waals surface area contributed by atoms with Gasteiger partial charge >= 0.3 is 0 Å². The number of carbonyl (C=O) groups is 1. The van der Waals surface area contributed by atoms with Crippen LogP contribution < -0.4 is 4.74 Å². The van der Waals surface area contributed by atoms with Gasteiger partial charge in [0.2, 0.25) is 0 Å². The normalized spacial score (nSPS) is 17.4. The minimum atomic E-state index is -0.466. The van der Waals surface area contributed by atoms with Crippen LogP contribution in [0.3, 0.4) is 0 Å². The predicted molar refractivity (Wildman–Crippen MR) is 100.0 cm³/mol. The fourth-order valence-corrected chi connectivity index (χ4v) is 3.50. The molecule has 1 aliphatic carbocycles. The molecule has 1 aliphatic rings. The Bertz CT molecular complexity index is 988. The van der Waals surface area contributed by atoms with E-state index in [1.54, 1.807) is 13.2 Å². The van der Waals surface area contributed by atoms with Gasteiger partial charge in [-0.2, -0.15) is 0 Å². The van der Waals surface area contributed by atoms with Crippen LogP contribution in [0.25, 0.3) is 6.08 Å². The second-order valence-corrected chi connectivity index (χ2v) is 6.25. The lowest BCUT2D eigenvalue weighted by Gasteiger charge is -2.14. The van der Waals surface area contributed by atoms with Crippen molar-refractivity contribution in [2.45, 2.75) is 5.92 Å². The number of fused-ring (bicyclic) bond motifs is 1. The highest BCUT2D eigenvalue weighted by molar-refractivity contribution is 6.17. The van der Waals surface area contributed by atoms with Crippen LogP contribution in [0.4, 0.5) is 4.39 Å². The van der Waals surface area contributed by atoms with Crippen LogP contribution in [-0.2, 0) is 0 Å². The molecule has 3 aromatic rings. The number of allylic oxidation sites excluding steroid dienone is 1. The van der Waals surface area contributed by atoms with E-state index in [4.69, 9.17) is 4.74 Å². The molecule has 0 heterocycles. The number of ketones is 1. The van der Waals surface area contributed by atoms with Crippen LogP contribution in [0.2, 0.25) is 0 Å². The highest BCUT2D eigenvalue weighted by Crippen LogP contribution is 2.43. The average Bonchev–Trinajstić information content (AvgIpc) is 2.96. The maximum atomic E-state index is 14.4. The van der Waals surface area contributed by atoms with Gasteiger partial charge in [0.05, 0.1) is 12.7 Å². The Morgan fingerprint density at radius 3 is 2.35 bits per heavy atom. The molecule has 2 nitrogen and oxygen atoms in total. The van der Waals surface area contributed by atoms with Crippen molar-refractivity contribution >= 4 is 11.9 Å². The van der Waals surface area contributed by atoms with E-state index in [-0.39, 0.29) is 17.3 Å². The van der Waals surface area contributed by atoms with Crippen LogP contribution in [0.1, 0.15) is 33.0 Å². The minimum Gasteiger partial charge on any atom is -0.497 e. The zero-order valence-electron chi connectivity index (χ0n) is 14.3. The van der Waals surface area contributed by atoms with Crippen molar-refractivity contribution in [1.82, 2.24) is 0 Å². The first-order valence-corrected chi connectivity index (χ1v) is 8.42. The third-order valence-electron chi connectivity index (χ3n) is 4.73. The van der Waals surface area contributed by atoms with Crippen LogP contribution in [0, 0.1) is 5.82 Å². The number of carbonyl (C=O) groups excluding carboxylic acids is 1. The quantitative estimate of drug-likeness (QED) is 0.607. The maximum Gasteiger partial charge on any atom is 0.193 e. The summed E-state index contributed by atoms with van der Waals surface area (Å²) in [6, 6.07) is 22.0. The molecule has 0 bridgehead atoms. The van der Waals surface area contributed by atoms with Crippen molar-refractivity contribution < 1.29 is 13.9 Å². The third-order valence-corrected chi connectivity index (χ3v) is 4.73. The summed E-state index contributed by atoms with van der Waals surface area (Å²) in [5.74, 6) is -0.232. The van der Waals surface area contributed by atoms with Gasteiger partial charge in [0.25, 0.3) is 0 Å². The van der Waals surface area contributed by atoms with Crippen LogP contribution in [0.5, 0.6) is 5.75 Å². The highest BCUT2D eigenvalue weighted by Gasteiger charge is 2.37. The maximum absolute atomic E-state index is 14.4. The van der Waals surface area contributed by atoms with Gasteiger partial charge in [-0.1, -0.05) is 54.6 Å². The smallest absolute Gasteiger partial charge is 0.193 e. The van der Waals surface area contributed by atoms with Gasteiger partial charge in [0.1, 0.15) is 11.6 Å². The molecule has 0 saturated heterocycles. The largest absolute Gasteiger partial charge is 0.497 e. The van der Waals surface area contributed by atoms with Gasteiger partial charge in [-0.05, 0) is 41.0 Å². The van der Waals surface area contributed by atoms with E-state index in [0.717, 1.165) is 22.4 Å². The summed E-state index contributed by atoms with van der Waals surface area (Å²) in [5.41, 5.74) is 3.34. The first-order chi connectivity index (χ1) is 12.7. The van der Waals surface area contributed by atoms with Crippen molar-refractivity contribution in [2.24, 2.45) is 0 Å². The SMILES string of the molecule is COc1ccc(/C=C2\C(=O)c3c(F)cccc3C2c2ccccc2)cc1. The number of methoxy groups -OCH3 is 1. The number of rotatable bonds is 3. The molecule has 4 rings (SSSR count). The van der Waals surface area contributed by atoms with Gasteiger partial charge < -0.3 is 4.74 Å². The van der Waals surface area contributed by atoms with E-state index >= 15 is 0 Å². The average molecular weight is 344 g/mol. The van der Waals surface area contributed by atoms with E-state index < -0.39 is 5.82 Å². The lowest BCUT2D eigenvalue weighted by Crippen LogP contribution is -2.02. The second kappa shape index (κ2) is 6.60. The number of benzene rings is 3. The number of Topliss-reactive ketones (excluding diaryl/α,β-unsaturated/α-hetero) is 1. The summed E-state index contributed by atoms with van der Waals surface area (Å²) in [6.07, 6.45) is 1.85. The van der Waals surface area contributed by atoms with E-state index in [1.165, 1.54) is 6.07 Å². The Kier molecular flexibility index (Phi) is 4.13. The number of ether oxygens (including phenoxy) is 1. The Morgan fingerprint density at radius 1 is 0.923 bits per heavy atom. The number of hydrogen-bond acceptors (Lipinski definition) is 2. The summed E-state index contributed by atoms with van der Waals surface area (Å²) < 4.78 is 19.6. The van der Waals surface area contributed by atoms with E-state index in [9.17, 15) is 9.18 Å². The number of halogens is 1. The fourth-order valence-electron chi connectivity index (χ4n) is 3.50. The molecular formula is C23H17FO2. The topological polar surface area (TPSA) is 26.3 Å². The fraction of sp³-hybridized carbons (Fsp3) is 0.0870. The summed E-state index contributed by atoms with van der Waals surface area (Å²) in [6.45, 7) is 0. The molecule has 0 aromatic heterocycles. The van der Waals surface area contributed by atoms with Gasteiger partial charge in [-0.3, -0.25) is 4.79 Å². The highest BCUT2D eigenvalue weighted by atomic mass is 19.1. The van der Waals surface area contributed by atoms with Gasteiger partial charge in [-0.25, -0.2) is 4.39 Å². The first-order valence-electron chi connectivity index (χ1n) is 8.42. The van der Waals surface area contributed by atoms with Crippen LogP contribution >= 0.6 is 0 Å². The molecule has 1 atom stereocenters. The lowest BCUT2D eigenvalue weighted by molar-refractivity contribution is 0.103. The molecule has 0 saturated carbocycles. The monoisotopic (exact) mass is 344 g/mol. The van der Waals surface area contributed by atoms with Gasteiger partial charge in [0.15, 0.2) is 5.78 Å². The van der Waals surface area contributed by atoms with Crippen LogP contribution in [-0.4, -0.2) is 12.9 Å². The molecule has 26 heavy (non-hydrogen) atoms. The summed E-state index contributed by atoms with van der Waals surface area (Å²) in [5, 5.41) is 0. The lowest BCUT2D eigenvalue weighted by atomic mass is 9.89. The van der Waals surface area contributed by atoms with Gasteiger partial charge in [0, 0.05) is 11.5 Å². The van der Waals surface area contributed by atoms with E-state index in [1.807, 2.05) is 66.7 Å². The van der Waals surface area contributed by atoms with Crippen molar-refractivity contribution in [3.05, 3.63) is 106 Å². The first kappa shape index (κ1) is 16.3. The third kappa shape index (κ3) is 2.72. The van der Waals surface area contributed by atoms with Crippen molar-refractivity contribution in [1.29, 1.82) is 0 Å². The summed E-state index contributed by atoms with van der Waals surface area (Å²) in [7, 11) is 1.61. The molecular weight excluding hydrogens is 327 g/mol. The van der Waals surface area contributed by atoms with Crippen molar-refractivity contribution in [2.75, 3.05) is 7.11 Å². The molecule has 0 fully saturated rings. The summed E-state index contributed by atoms with van der Waals surface area (Å²) >= 11 is 0. The molecule has 3 aromatic carbocycles. The van der Waals surface area contributed by atoms with Crippen molar-refractivity contribution in [3.63, 3.8) is 0 Å². The van der Waals surface area contributed by atoms with Gasteiger partial charge in [-0.15, -0.1) is 0 Å². The Labute approximate surface area is 151 Å². The molecule has 0 aliphatic heterocycles. The Hall–Kier alpha value is -3.20.